The van der Waals surface area contributed by atoms with E-state index in [4.69, 9.17) is 5.73 Å². The maximum absolute atomic E-state index is 11.8. The molecule has 1 saturated carbocycles. The maximum Gasteiger partial charge on any atom is 0.225 e. The highest BCUT2D eigenvalue weighted by molar-refractivity contribution is 5.89. The summed E-state index contributed by atoms with van der Waals surface area (Å²) in [5, 5.41) is 2.84. The zero-order valence-electron chi connectivity index (χ0n) is 15.1. The first-order valence-corrected chi connectivity index (χ1v) is 9.03. The lowest BCUT2D eigenvalue weighted by Crippen LogP contribution is -2.34. The molecule has 2 bridgehead atoms. The van der Waals surface area contributed by atoms with Crippen LogP contribution in [0.3, 0.4) is 0 Å². The number of nitrogens with zero attached hydrogens (tertiary/aromatic N) is 2. The first-order valence-electron chi connectivity index (χ1n) is 9.03. The summed E-state index contributed by atoms with van der Waals surface area (Å²) >= 11 is 0. The van der Waals surface area contributed by atoms with Gasteiger partial charge in [0.2, 0.25) is 5.91 Å². The number of carbonyl (C=O) groups excluding carboxylic acids is 1. The number of aromatic nitrogens is 1. The molecule has 24 heavy (non-hydrogen) atoms. The molecule has 0 aromatic carbocycles. The lowest BCUT2D eigenvalue weighted by Gasteiger charge is -2.39. The number of amides is 1. The summed E-state index contributed by atoms with van der Waals surface area (Å²) in [5.41, 5.74) is 7.42. The van der Waals surface area contributed by atoms with Crippen molar-refractivity contribution in [2.45, 2.75) is 58.9 Å². The van der Waals surface area contributed by atoms with Crippen LogP contribution in [0.2, 0.25) is 0 Å². The molecule has 5 heteroatoms. The number of hydrogen-bond acceptors (Lipinski definition) is 4. The Kier molecular flexibility index (Phi) is 4.56. The lowest BCUT2D eigenvalue weighted by molar-refractivity contribution is -0.116. The van der Waals surface area contributed by atoms with Crippen LogP contribution in [0.5, 0.6) is 0 Å². The second-order valence-corrected chi connectivity index (χ2v) is 8.68. The van der Waals surface area contributed by atoms with Crippen LogP contribution in [-0.2, 0) is 4.79 Å². The Morgan fingerprint density at radius 2 is 2.17 bits per heavy atom. The molecule has 132 valence electrons. The highest BCUT2D eigenvalue weighted by atomic mass is 16.1. The summed E-state index contributed by atoms with van der Waals surface area (Å²) in [6, 6.07) is 4.60. The van der Waals surface area contributed by atoms with Crippen LogP contribution in [0, 0.1) is 10.8 Å². The zero-order chi connectivity index (χ0) is 17.4. The van der Waals surface area contributed by atoms with Gasteiger partial charge in [0, 0.05) is 19.0 Å². The Morgan fingerprint density at radius 1 is 1.38 bits per heavy atom. The van der Waals surface area contributed by atoms with E-state index in [0.29, 0.717) is 42.1 Å². The number of rotatable bonds is 5. The molecule has 0 radical (unpaired) electrons. The maximum atomic E-state index is 11.8. The number of pyridine rings is 1. The van der Waals surface area contributed by atoms with Gasteiger partial charge < -0.3 is 16.0 Å². The van der Waals surface area contributed by atoms with Crippen LogP contribution >= 0.6 is 0 Å². The number of hydrogen-bond donors (Lipinski definition) is 2. The third-order valence-corrected chi connectivity index (χ3v) is 5.37. The van der Waals surface area contributed by atoms with Crippen LogP contribution < -0.4 is 16.0 Å². The number of anilines is 2. The molecule has 0 spiro atoms. The number of nitrogens with one attached hydrogen (secondary N) is 1. The molecule has 2 atom stereocenters. The van der Waals surface area contributed by atoms with Crippen molar-refractivity contribution in [2.24, 2.45) is 16.6 Å². The van der Waals surface area contributed by atoms with E-state index in [1.165, 1.54) is 24.9 Å². The molecule has 2 aliphatic rings. The van der Waals surface area contributed by atoms with E-state index in [2.05, 4.69) is 42.0 Å². The molecule has 2 unspecified atom stereocenters. The van der Waals surface area contributed by atoms with Crippen molar-refractivity contribution in [3.05, 3.63) is 18.3 Å². The third-order valence-electron chi connectivity index (χ3n) is 5.37. The molecule has 1 amide bonds. The Hall–Kier alpha value is -1.62. The Labute approximate surface area is 145 Å². The second-order valence-electron chi connectivity index (χ2n) is 8.68. The Balaban J connectivity index is 1.67. The molecular weight excluding hydrogens is 300 g/mol. The second kappa shape index (κ2) is 6.36. The minimum atomic E-state index is -0.0213. The summed E-state index contributed by atoms with van der Waals surface area (Å²) in [5.74, 6) is 0.599. The molecule has 5 nitrogen and oxygen atoms in total. The van der Waals surface area contributed by atoms with E-state index in [0.717, 1.165) is 6.54 Å². The van der Waals surface area contributed by atoms with Crippen LogP contribution in [-0.4, -0.2) is 30.0 Å². The molecule has 1 aromatic heterocycles. The van der Waals surface area contributed by atoms with Gasteiger partial charge >= 0.3 is 0 Å². The van der Waals surface area contributed by atoms with Crippen LogP contribution in [0.25, 0.3) is 0 Å². The van der Waals surface area contributed by atoms with Gasteiger partial charge in [0.25, 0.3) is 0 Å². The minimum absolute atomic E-state index is 0.0213. The topological polar surface area (TPSA) is 71.2 Å². The smallest absolute Gasteiger partial charge is 0.225 e. The first kappa shape index (κ1) is 17.2. The standard InChI is InChI=1S/C19H30N4O/c1-18(2)9-15-10-19(3,12-18)13-23(15)14-6-7-16(21-11-14)22-17(24)5-4-8-20/h6-7,11,15H,4-5,8-10,12-13,20H2,1-3H3,(H,21,22,24). The van der Waals surface area contributed by atoms with Gasteiger partial charge in [0.1, 0.15) is 5.82 Å². The normalized spacial score (nSPS) is 28.0. The lowest BCUT2D eigenvalue weighted by atomic mass is 9.65. The first-order chi connectivity index (χ1) is 11.3. The Morgan fingerprint density at radius 3 is 2.83 bits per heavy atom. The van der Waals surface area contributed by atoms with Gasteiger partial charge in [0.05, 0.1) is 11.9 Å². The zero-order valence-corrected chi connectivity index (χ0v) is 15.1. The molecule has 1 aliphatic carbocycles. The summed E-state index contributed by atoms with van der Waals surface area (Å²) < 4.78 is 0. The van der Waals surface area contributed by atoms with Gasteiger partial charge in [-0.15, -0.1) is 0 Å². The van der Waals surface area contributed by atoms with Crippen molar-refractivity contribution in [2.75, 3.05) is 23.3 Å². The summed E-state index contributed by atoms with van der Waals surface area (Å²) in [7, 11) is 0. The number of nitrogens with two attached hydrogens (primary N) is 1. The van der Waals surface area contributed by atoms with E-state index in [-0.39, 0.29) is 5.91 Å². The van der Waals surface area contributed by atoms with E-state index in [9.17, 15) is 4.79 Å². The Bertz CT molecular complexity index is 598. The van der Waals surface area contributed by atoms with Gasteiger partial charge in [0.15, 0.2) is 0 Å². The quantitative estimate of drug-likeness (QED) is 0.870. The molecule has 2 fully saturated rings. The average molecular weight is 330 g/mol. The van der Waals surface area contributed by atoms with Crippen molar-refractivity contribution in [3.63, 3.8) is 0 Å². The van der Waals surface area contributed by atoms with E-state index < -0.39 is 0 Å². The SMILES string of the molecule is CC1(C)CC2CC(C)(CN2c2ccc(NC(=O)CCCN)nc2)C1. The highest BCUT2D eigenvalue weighted by Gasteiger charge is 2.49. The summed E-state index contributed by atoms with van der Waals surface area (Å²) in [6.07, 6.45) is 6.84. The van der Waals surface area contributed by atoms with Gasteiger partial charge in [-0.3, -0.25) is 4.79 Å². The molecule has 3 rings (SSSR count). The predicted molar refractivity (Wildman–Crippen MR) is 98.0 cm³/mol. The van der Waals surface area contributed by atoms with Gasteiger partial charge in [-0.2, -0.15) is 0 Å². The van der Waals surface area contributed by atoms with Crippen molar-refractivity contribution in [1.82, 2.24) is 4.98 Å². The van der Waals surface area contributed by atoms with E-state index >= 15 is 0 Å². The fraction of sp³-hybridized carbons (Fsp3) is 0.684. The van der Waals surface area contributed by atoms with Gasteiger partial charge in [-0.1, -0.05) is 20.8 Å². The molecule has 2 heterocycles. The fourth-order valence-electron chi connectivity index (χ4n) is 4.86. The van der Waals surface area contributed by atoms with Crippen LogP contribution in [0.4, 0.5) is 11.5 Å². The third kappa shape index (κ3) is 3.72. The largest absolute Gasteiger partial charge is 0.367 e. The molecule has 1 saturated heterocycles. The van der Waals surface area contributed by atoms with Gasteiger partial charge in [-0.05, 0) is 55.2 Å². The number of fused-ring (bicyclic) bond motifs is 2. The monoisotopic (exact) mass is 330 g/mol. The average Bonchev–Trinajstić information content (AvgIpc) is 2.75. The molecular formula is C19H30N4O. The summed E-state index contributed by atoms with van der Waals surface area (Å²) in [4.78, 5) is 18.7. The van der Waals surface area contributed by atoms with Gasteiger partial charge in [-0.25, -0.2) is 4.98 Å². The van der Waals surface area contributed by atoms with Crippen molar-refractivity contribution < 1.29 is 4.79 Å². The highest BCUT2D eigenvalue weighted by Crippen LogP contribution is 2.53. The summed E-state index contributed by atoms with van der Waals surface area (Å²) in [6.45, 7) is 8.83. The van der Waals surface area contributed by atoms with Crippen molar-refractivity contribution >= 4 is 17.4 Å². The molecule has 1 aromatic rings. The minimum Gasteiger partial charge on any atom is -0.367 e. The van der Waals surface area contributed by atoms with E-state index in [1.54, 1.807) is 0 Å². The van der Waals surface area contributed by atoms with Crippen molar-refractivity contribution in [1.29, 1.82) is 0 Å². The van der Waals surface area contributed by atoms with Crippen LogP contribution in [0.15, 0.2) is 18.3 Å². The van der Waals surface area contributed by atoms with Crippen LogP contribution in [0.1, 0.15) is 52.9 Å². The molecule has 1 aliphatic heterocycles. The number of carbonyl (C=O) groups is 1. The van der Waals surface area contributed by atoms with Crippen molar-refractivity contribution in [3.8, 4) is 0 Å². The fourth-order valence-corrected chi connectivity index (χ4v) is 4.86. The molecule has 3 N–H and O–H groups in total. The van der Waals surface area contributed by atoms with E-state index in [1.807, 2.05) is 12.3 Å². The predicted octanol–water partition coefficient (Wildman–Crippen LogP) is 3.16.